The Hall–Kier alpha value is -4.28. The van der Waals surface area contributed by atoms with E-state index in [1.165, 1.54) is 33.1 Å². The van der Waals surface area contributed by atoms with Gasteiger partial charge >= 0.3 is 5.63 Å². The van der Waals surface area contributed by atoms with Gasteiger partial charge in [0.15, 0.2) is 22.3 Å². The van der Waals surface area contributed by atoms with Gasteiger partial charge in [-0.1, -0.05) is 69.9 Å². The third-order valence-electron chi connectivity index (χ3n) is 9.16. The van der Waals surface area contributed by atoms with E-state index in [4.69, 9.17) is 55.9 Å². The third-order valence-corrected chi connectivity index (χ3v) is 12.3. The molecule has 0 aliphatic carbocycles. The van der Waals surface area contributed by atoms with Crippen molar-refractivity contribution in [1.82, 2.24) is 13.8 Å². The molecule has 55 heavy (non-hydrogen) atoms. The topological polar surface area (TPSA) is 122 Å². The number of halogens is 4. The lowest BCUT2D eigenvalue weighted by atomic mass is 10.2. The molecule has 0 amide bonds. The van der Waals surface area contributed by atoms with Gasteiger partial charge in [-0.3, -0.25) is 4.55 Å². The summed E-state index contributed by atoms with van der Waals surface area (Å²) in [6.45, 7) is 7.65. The van der Waals surface area contributed by atoms with Crippen molar-refractivity contribution < 1.29 is 22.0 Å². The van der Waals surface area contributed by atoms with Crippen LogP contribution in [0.15, 0.2) is 80.8 Å². The van der Waals surface area contributed by atoms with Gasteiger partial charge in [-0.25, -0.2) is 13.9 Å². The summed E-state index contributed by atoms with van der Waals surface area (Å²) in [4.78, 5) is 17.5. The Morgan fingerprint density at radius 3 is 2.22 bits per heavy atom. The van der Waals surface area contributed by atoms with E-state index in [0.29, 0.717) is 51.7 Å². The number of aryl methyl sites for hydroxylation is 3. The largest absolute Gasteiger partial charge is 0.403 e. The lowest BCUT2D eigenvalue weighted by Gasteiger charge is -2.23. The van der Waals surface area contributed by atoms with Crippen molar-refractivity contribution in [2.75, 3.05) is 22.2 Å². The van der Waals surface area contributed by atoms with E-state index < -0.39 is 21.6 Å². The number of allylic oxidation sites excluding steroid dienone is 2. The first-order valence-electron chi connectivity index (χ1n) is 17.1. The number of para-hydroxylation sites is 1. The predicted octanol–water partition coefficient (Wildman–Crippen LogP) is 6.56. The Bertz CT molecular complexity index is 2910. The zero-order valence-electron chi connectivity index (χ0n) is 29.9. The van der Waals surface area contributed by atoms with Crippen molar-refractivity contribution >= 4 is 119 Å². The highest BCUT2D eigenvalue weighted by atomic mass is 35.5. The van der Waals surface area contributed by atoms with Crippen LogP contribution in [0, 0.1) is 0 Å². The molecule has 1 aliphatic rings. The summed E-state index contributed by atoms with van der Waals surface area (Å²) in [5, 5.41) is 6.35. The molecule has 1 aliphatic heterocycles. The summed E-state index contributed by atoms with van der Waals surface area (Å²) in [6, 6.07) is 14.7. The first-order valence-corrected chi connectivity index (χ1v) is 21.0. The van der Waals surface area contributed by atoms with E-state index in [2.05, 4.69) is 9.13 Å². The number of nitrogens with zero attached hydrogens (tertiary/aromatic N) is 7. The zero-order chi connectivity index (χ0) is 39.3. The summed E-state index contributed by atoms with van der Waals surface area (Å²) in [5.74, 6) is 0.439. The maximum absolute atomic E-state index is 13.7. The standard InChI is InChI=1S/C37H33Cl4N7O5S2/c1-5-44-28-17-22(38)23(39)18-29(28)45(6-2)33(44)13-10-14-35-48(42-37-43(4)26-11-8-9-12-32(26)54-37)27(36(49)53-35)15-16-34-46(7-3)30-19-24(40)25(41)20-31(30)47(34)21-55(50,51)52/h8-20H,5-7,21H2,1-4H3/p+1/b27-15?,34-16?,42-37-. The summed E-state index contributed by atoms with van der Waals surface area (Å²) < 4.78 is 48.8. The van der Waals surface area contributed by atoms with Gasteiger partial charge in [0.05, 0.1) is 54.8 Å². The second-order valence-electron chi connectivity index (χ2n) is 12.4. The fraction of sp³-hybridized carbons (Fsp3) is 0.216. The van der Waals surface area contributed by atoms with Gasteiger partial charge in [-0.15, -0.1) is 5.10 Å². The number of rotatable bonds is 9. The summed E-state index contributed by atoms with van der Waals surface area (Å²) >= 11 is 26.9. The maximum Gasteiger partial charge on any atom is 0.363 e. The number of fused-ring (bicyclic) bond motifs is 3. The molecule has 0 saturated carbocycles. The second-order valence-corrected chi connectivity index (χ2v) is 16.5. The maximum atomic E-state index is 13.7. The predicted molar refractivity (Wildman–Crippen MR) is 222 cm³/mol. The van der Waals surface area contributed by atoms with E-state index >= 15 is 0 Å². The normalized spacial score (nSPS) is 15.4. The van der Waals surface area contributed by atoms with Crippen LogP contribution in [0.4, 0.5) is 11.4 Å². The van der Waals surface area contributed by atoms with Gasteiger partial charge in [-0.2, -0.15) is 13.1 Å². The second kappa shape index (κ2) is 15.3. The Labute approximate surface area is 339 Å². The van der Waals surface area contributed by atoms with Crippen LogP contribution in [0.2, 0.25) is 20.1 Å². The molecule has 286 valence electrons. The SMILES string of the molecule is CCN1C(=CC=c2c(=O)oc(=CC=Cc3n(CC)c4cc(Cl)c(Cl)cc4[n+]3CC)n2/N=c2\sc3ccccc3n2C)N(CS(=O)(=O)O)c2cc(Cl)c(Cl)cc21. The molecule has 0 fully saturated rings. The van der Waals surface area contributed by atoms with Crippen LogP contribution in [0.5, 0.6) is 0 Å². The Kier molecular flexibility index (Phi) is 10.9. The van der Waals surface area contributed by atoms with E-state index in [-0.39, 0.29) is 20.9 Å². The number of benzene rings is 3. The van der Waals surface area contributed by atoms with Crippen molar-refractivity contribution in [1.29, 1.82) is 0 Å². The van der Waals surface area contributed by atoms with Crippen LogP contribution >= 0.6 is 57.7 Å². The number of hydrogen-bond donors (Lipinski definition) is 1. The molecule has 0 atom stereocenters. The molecule has 0 spiro atoms. The van der Waals surface area contributed by atoms with Crippen LogP contribution in [0.3, 0.4) is 0 Å². The fourth-order valence-corrected chi connectivity index (χ4v) is 8.97. The number of hydrogen-bond acceptors (Lipinski definition) is 8. The molecule has 0 bridgehead atoms. The van der Waals surface area contributed by atoms with Crippen LogP contribution in [-0.2, 0) is 30.3 Å². The number of thiazole rings is 1. The van der Waals surface area contributed by atoms with Crippen molar-refractivity contribution in [2.45, 2.75) is 33.9 Å². The molecule has 4 heterocycles. The van der Waals surface area contributed by atoms with Crippen LogP contribution in [0.1, 0.15) is 26.6 Å². The lowest BCUT2D eigenvalue weighted by molar-refractivity contribution is -0.670. The molecule has 12 nitrogen and oxygen atoms in total. The van der Waals surface area contributed by atoms with Crippen LogP contribution in [-0.4, -0.2) is 39.2 Å². The summed E-state index contributed by atoms with van der Waals surface area (Å²) in [7, 11) is -2.63. The first-order chi connectivity index (χ1) is 26.2. The minimum Gasteiger partial charge on any atom is -0.403 e. The number of aromatic nitrogens is 4. The number of anilines is 2. The van der Waals surface area contributed by atoms with E-state index in [1.807, 2.05) is 74.9 Å². The Morgan fingerprint density at radius 2 is 1.56 bits per heavy atom. The molecular formula is C37H34Cl4N7O5S2+. The third kappa shape index (κ3) is 7.28. The summed E-state index contributed by atoms with van der Waals surface area (Å²) in [6.07, 6.45) is 8.41. The number of imidazole rings is 1. The minimum absolute atomic E-state index is 0.0510. The molecule has 18 heteroatoms. The molecule has 3 aromatic carbocycles. The molecule has 0 radical (unpaired) electrons. The zero-order valence-corrected chi connectivity index (χ0v) is 34.5. The highest BCUT2D eigenvalue weighted by Gasteiger charge is 2.33. The summed E-state index contributed by atoms with van der Waals surface area (Å²) in [5.41, 5.74) is 3.23. The van der Waals surface area contributed by atoms with Crippen LogP contribution < -0.4 is 35.7 Å². The Morgan fingerprint density at radius 1 is 0.891 bits per heavy atom. The first kappa shape index (κ1) is 39.0. The molecule has 3 aromatic heterocycles. The fourth-order valence-electron chi connectivity index (χ4n) is 6.73. The molecule has 1 N–H and O–H groups in total. The van der Waals surface area contributed by atoms with Gasteiger partial charge < -0.3 is 18.8 Å². The minimum atomic E-state index is -4.51. The van der Waals surface area contributed by atoms with Crippen molar-refractivity contribution in [2.24, 2.45) is 12.1 Å². The average molecular weight is 863 g/mol. The quantitative estimate of drug-likeness (QED) is 0.129. The monoisotopic (exact) mass is 860 g/mol. The van der Waals surface area contributed by atoms with Gasteiger partial charge in [0, 0.05) is 37.9 Å². The van der Waals surface area contributed by atoms with Gasteiger partial charge in [0.1, 0.15) is 5.82 Å². The van der Waals surface area contributed by atoms with Crippen LogP contribution in [0.25, 0.3) is 39.5 Å². The highest BCUT2D eigenvalue weighted by Crippen LogP contribution is 2.45. The molecule has 0 saturated heterocycles. The van der Waals surface area contributed by atoms with E-state index in [9.17, 15) is 17.8 Å². The molecule has 6 aromatic rings. The van der Waals surface area contributed by atoms with Gasteiger partial charge in [0.2, 0.25) is 10.3 Å². The molecular weight excluding hydrogens is 828 g/mol. The number of oxazole rings is 1. The average Bonchev–Trinajstić information content (AvgIpc) is 3.80. The lowest BCUT2D eigenvalue weighted by Crippen LogP contribution is -2.35. The molecule has 7 rings (SSSR count). The highest BCUT2D eigenvalue weighted by molar-refractivity contribution is 7.85. The smallest absolute Gasteiger partial charge is 0.363 e. The van der Waals surface area contributed by atoms with E-state index in [0.717, 1.165) is 27.1 Å². The van der Waals surface area contributed by atoms with E-state index in [1.54, 1.807) is 29.2 Å². The Balaban J connectivity index is 1.45. The van der Waals surface area contributed by atoms with Gasteiger partial charge in [-0.05, 0) is 63.3 Å². The van der Waals surface area contributed by atoms with Crippen molar-refractivity contribution in [3.8, 4) is 0 Å². The van der Waals surface area contributed by atoms with Gasteiger partial charge in [0.25, 0.3) is 15.9 Å². The van der Waals surface area contributed by atoms with Crippen molar-refractivity contribution in [3.05, 3.63) is 119 Å². The molecule has 0 unspecified atom stereocenters. The van der Waals surface area contributed by atoms with Crippen molar-refractivity contribution in [3.63, 3.8) is 0 Å².